The highest BCUT2D eigenvalue weighted by Crippen LogP contribution is 2.21. The number of H-pyrrole nitrogens is 1. The lowest BCUT2D eigenvalue weighted by atomic mass is 10.1. The van der Waals surface area contributed by atoms with Crippen LogP contribution < -0.4 is 5.32 Å². The van der Waals surface area contributed by atoms with Crippen molar-refractivity contribution >= 4 is 22.8 Å². The molecule has 0 bridgehead atoms. The van der Waals surface area contributed by atoms with Crippen LogP contribution in [0.2, 0.25) is 0 Å². The second-order valence-electron chi connectivity index (χ2n) is 6.79. The Hall–Kier alpha value is -4.26. The molecule has 0 aliphatic heterocycles. The molecule has 7 heteroatoms. The van der Waals surface area contributed by atoms with E-state index in [1.54, 1.807) is 24.5 Å². The number of pyridine rings is 1. The fourth-order valence-electron chi connectivity index (χ4n) is 3.37. The summed E-state index contributed by atoms with van der Waals surface area (Å²) in [6.45, 7) is 0.502. The summed E-state index contributed by atoms with van der Waals surface area (Å²) >= 11 is 0. The summed E-state index contributed by atoms with van der Waals surface area (Å²) in [5.41, 5.74) is 3.44. The number of anilines is 1. The average molecular weight is 394 g/mol. The van der Waals surface area contributed by atoms with Gasteiger partial charge in [-0.2, -0.15) is 9.67 Å². The molecule has 0 saturated carbocycles. The molecule has 0 saturated heterocycles. The Bertz CT molecular complexity index is 1310. The summed E-state index contributed by atoms with van der Waals surface area (Å²) in [6.07, 6.45) is 5.28. The minimum absolute atomic E-state index is 0.249. The highest BCUT2D eigenvalue weighted by Gasteiger charge is 2.19. The average Bonchev–Trinajstić information content (AvgIpc) is 3.46. The summed E-state index contributed by atoms with van der Waals surface area (Å²) in [5, 5.41) is 8.88. The van der Waals surface area contributed by atoms with Crippen LogP contribution >= 0.6 is 0 Å². The van der Waals surface area contributed by atoms with Gasteiger partial charge in [-0.15, -0.1) is 5.10 Å². The molecule has 0 atom stereocenters. The molecule has 0 unspecified atom stereocenters. The topological polar surface area (TPSA) is 88.5 Å². The fraction of sp³-hybridized carbons (Fsp3) is 0.0435. The van der Waals surface area contributed by atoms with Crippen molar-refractivity contribution in [2.24, 2.45) is 0 Å². The molecular formula is C23H18N6O. The Balaban J connectivity index is 1.51. The van der Waals surface area contributed by atoms with E-state index in [4.69, 9.17) is 0 Å². The third-order valence-corrected chi connectivity index (χ3v) is 4.86. The van der Waals surface area contributed by atoms with Gasteiger partial charge in [-0.05, 0) is 42.0 Å². The van der Waals surface area contributed by atoms with Crippen molar-refractivity contribution in [2.45, 2.75) is 6.54 Å². The van der Waals surface area contributed by atoms with Gasteiger partial charge in [-0.25, -0.2) is 0 Å². The van der Waals surface area contributed by atoms with E-state index in [9.17, 15) is 4.79 Å². The highest BCUT2D eigenvalue weighted by molar-refractivity contribution is 5.97. The molecule has 0 amide bonds. The lowest BCUT2D eigenvalue weighted by Crippen LogP contribution is -2.17. The normalized spacial score (nSPS) is 10.9. The number of benzene rings is 2. The van der Waals surface area contributed by atoms with Crippen LogP contribution in [0.4, 0.5) is 5.95 Å². The molecule has 2 aromatic carbocycles. The summed E-state index contributed by atoms with van der Waals surface area (Å²) in [5.74, 6) is 0.575. The van der Waals surface area contributed by atoms with Crippen molar-refractivity contribution in [1.82, 2.24) is 24.7 Å². The Morgan fingerprint density at radius 1 is 1.00 bits per heavy atom. The van der Waals surface area contributed by atoms with Crippen LogP contribution in [0.3, 0.4) is 0 Å². The SMILES string of the molecule is O=C(c1ccccc1)n1nc(-c2cccnc2)nc1NCc1cccc2[nH]ccc12. The summed E-state index contributed by atoms with van der Waals surface area (Å²) < 4.78 is 1.31. The van der Waals surface area contributed by atoms with Crippen molar-refractivity contribution in [1.29, 1.82) is 0 Å². The Kier molecular flexibility index (Phi) is 4.53. The van der Waals surface area contributed by atoms with Gasteiger partial charge in [0.1, 0.15) is 0 Å². The molecule has 5 rings (SSSR count). The van der Waals surface area contributed by atoms with Gasteiger partial charge in [0, 0.05) is 47.2 Å². The number of aromatic nitrogens is 5. The largest absolute Gasteiger partial charge is 0.361 e. The third kappa shape index (κ3) is 3.33. The summed E-state index contributed by atoms with van der Waals surface area (Å²) in [6, 6.07) is 20.8. The maximum Gasteiger partial charge on any atom is 0.281 e. The van der Waals surface area contributed by atoms with Gasteiger partial charge in [0.2, 0.25) is 5.95 Å². The summed E-state index contributed by atoms with van der Waals surface area (Å²) in [7, 11) is 0. The molecule has 0 spiro atoms. The Morgan fingerprint density at radius 3 is 2.73 bits per heavy atom. The van der Waals surface area contributed by atoms with E-state index in [1.807, 2.05) is 60.8 Å². The first kappa shape index (κ1) is 17.8. The molecule has 7 nitrogen and oxygen atoms in total. The highest BCUT2D eigenvalue weighted by atomic mass is 16.2. The van der Waals surface area contributed by atoms with E-state index in [0.29, 0.717) is 23.9 Å². The molecule has 30 heavy (non-hydrogen) atoms. The number of aromatic amines is 1. The zero-order chi connectivity index (χ0) is 20.3. The lowest BCUT2D eigenvalue weighted by Gasteiger charge is -2.08. The van der Waals surface area contributed by atoms with Crippen molar-refractivity contribution in [2.75, 3.05) is 5.32 Å². The number of carbonyl (C=O) groups is 1. The fourth-order valence-corrected chi connectivity index (χ4v) is 3.37. The van der Waals surface area contributed by atoms with E-state index in [0.717, 1.165) is 22.0 Å². The van der Waals surface area contributed by atoms with Gasteiger partial charge in [-0.1, -0.05) is 30.3 Å². The number of carbonyl (C=O) groups excluding carboxylic acids is 1. The predicted octanol–water partition coefficient (Wildman–Crippen LogP) is 4.12. The molecule has 2 N–H and O–H groups in total. The standard InChI is InChI=1S/C23H18N6O/c30-22(16-6-2-1-3-7-16)29-23(27-21(28-29)18-9-5-12-24-14-18)26-15-17-8-4-10-20-19(17)11-13-25-20/h1-14,25H,15H2,(H,26,27,28). The van der Waals surface area contributed by atoms with Crippen LogP contribution in [0, 0.1) is 0 Å². The first-order valence-corrected chi connectivity index (χ1v) is 9.56. The zero-order valence-corrected chi connectivity index (χ0v) is 16.0. The third-order valence-electron chi connectivity index (χ3n) is 4.86. The minimum atomic E-state index is -0.249. The van der Waals surface area contributed by atoms with Gasteiger partial charge in [-0.3, -0.25) is 9.78 Å². The van der Waals surface area contributed by atoms with E-state index in [1.165, 1.54) is 4.68 Å². The Labute approximate surface area is 172 Å². The first-order valence-electron chi connectivity index (χ1n) is 9.56. The van der Waals surface area contributed by atoms with Gasteiger partial charge < -0.3 is 10.3 Å². The molecular weight excluding hydrogens is 376 g/mol. The quantitative estimate of drug-likeness (QED) is 0.468. The van der Waals surface area contributed by atoms with E-state index in [2.05, 4.69) is 25.4 Å². The number of nitrogens with zero attached hydrogens (tertiary/aromatic N) is 4. The van der Waals surface area contributed by atoms with Crippen molar-refractivity contribution in [3.63, 3.8) is 0 Å². The number of rotatable bonds is 5. The molecule has 3 aromatic heterocycles. The minimum Gasteiger partial charge on any atom is -0.361 e. The monoisotopic (exact) mass is 394 g/mol. The van der Waals surface area contributed by atoms with Gasteiger partial charge in [0.25, 0.3) is 5.91 Å². The van der Waals surface area contributed by atoms with E-state index >= 15 is 0 Å². The van der Waals surface area contributed by atoms with Crippen molar-refractivity contribution < 1.29 is 4.79 Å². The second-order valence-corrected chi connectivity index (χ2v) is 6.79. The molecule has 0 fully saturated rings. The van der Waals surface area contributed by atoms with Gasteiger partial charge in [0.15, 0.2) is 5.82 Å². The van der Waals surface area contributed by atoms with E-state index < -0.39 is 0 Å². The lowest BCUT2D eigenvalue weighted by molar-refractivity contribution is 0.0947. The molecule has 3 heterocycles. The van der Waals surface area contributed by atoms with Crippen LogP contribution in [0.25, 0.3) is 22.3 Å². The maximum absolute atomic E-state index is 13.1. The Morgan fingerprint density at radius 2 is 1.90 bits per heavy atom. The summed E-state index contributed by atoms with van der Waals surface area (Å²) in [4.78, 5) is 25.0. The van der Waals surface area contributed by atoms with Crippen LogP contribution in [-0.4, -0.2) is 30.6 Å². The molecule has 146 valence electrons. The van der Waals surface area contributed by atoms with Crippen molar-refractivity contribution in [3.8, 4) is 11.4 Å². The molecule has 5 aromatic rings. The predicted molar refractivity (Wildman–Crippen MR) is 115 cm³/mol. The smallest absolute Gasteiger partial charge is 0.281 e. The maximum atomic E-state index is 13.1. The van der Waals surface area contributed by atoms with Crippen LogP contribution in [0.1, 0.15) is 15.9 Å². The van der Waals surface area contributed by atoms with Gasteiger partial charge in [0.05, 0.1) is 0 Å². The van der Waals surface area contributed by atoms with Crippen LogP contribution in [0.5, 0.6) is 0 Å². The van der Waals surface area contributed by atoms with Crippen LogP contribution in [0.15, 0.2) is 85.3 Å². The second kappa shape index (κ2) is 7.63. The number of fused-ring (bicyclic) bond motifs is 1. The molecule has 0 aliphatic carbocycles. The molecule has 0 aliphatic rings. The zero-order valence-electron chi connectivity index (χ0n) is 16.0. The molecule has 0 radical (unpaired) electrons. The van der Waals surface area contributed by atoms with Crippen LogP contribution in [-0.2, 0) is 6.54 Å². The van der Waals surface area contributed by atoms with Gasteiger partial charge >= 0.3 is 0 Å². The van der Waals surface area contributed by atoms with Crippen molar-refractivity contribution in [3.05, 3.63) is 96.4 Å². The number of hydrogen-bond donors (Lipinski definition) is 2. The first-order chi connectivity index (χ1) is 14.8. The van der Waals surface area contributed by atoms with E-state index in [-0.39, 0.29) is 5.91 Å². The number of nitrogens with one attached hydrogen (secondary N) is 2. The number of hydrogen-bond acceptors (Lipinski definition) is 5.